The Morgan fingerprint density at radius 2 is 1.89 bits per heavy atom. The second-order valence-corrected chi connectivity index (χ2v) is 9.77. The van der Waals surface area contributed by atoms with Crippen molar-refractivity contribution in [2.45, 2.75) is 51.9 Å². The molecule has 2 heterocycles. The van der Waals surface area contributed by atoms with Crippen LogP contribution in [0.3, 0.4) is 0 Å². The molecule has 1 saturated heterocycles. The number of carbonyl (C=O) groups is 2. The van der Waals surface area contributed by atoms with Gasteiger partial charge in [0.1, 0.15) is 30.2 Å². The van der Waals surface area contributed by atoms with E-state index in [-0.39, 0.29) is 24.3 Å². The number of halogens is 2. The third-order valence-corrected chi connectivity index (χ3v) is 6.13. The number of rotatable bonds is 6. The summed E-state index contributed by atoms with van der Waals surface area (Å²) in [6.07, 6.45) is 1.63. The molecule has 1 fully saturated rings. The Labute approximate surface area is 203 Å². The SMILES string of the molecule is CC(C)(C)C(NC(=O)OCc1ccccc1)C(=O)N1CCC2NC=C(Oc3ccc(F)c(F)c3)C21. The van der Waals surface area contributed by atoms with Crippen molar-refractivity contribution in [3.63, 3.8) is 0 Å². The third-order valence-electron chi connectivity index (χ3n) is 6.13. The number of hydrogen-bond donors (Lipinski definition) is 2. The van der Waals surface area contributed by atoms with E-state index in [4.69, 9.17) is 9.47 Å². The second-order valence-electron chi connectivity index (χ2n) is 9.77. The van der Waals surface area contributed by atoms with E-state index in [9.17, 15) is 18.4 Å². The molecule has 2 aromatic carbocycles. The van der Waals surface area contributed by atoms with Gasteiger partial charge in [-0.3, -0.25) is 4.79 Å². The van der Waals surface area contributed by atoms with Crippen LogP contribution in [-0.4, -0.2) is 41.6 Å². The molecule has 3 atom stereocenters. The normalized spacial score (nSPS) is 19.9. The number of nitrogens with zero attached hydrogens (tertiary/aromatic N) is 1. The first kappa shape index (κ1) is 24.5. The van der Waals surface area contributed by atoms with E-state index in [2.05, 4.69) is 10.6 Å². The highest BCUT2D eigenvalue weighted by Crippen LogP contribution is 2.33. The van der Waals surface area contributed by atoms with Crippen LogP contribution in [0.15, 0.2) is 60.5 Å². The van der Waals surface area contributed by atoms with Gasteiger partial charge in [0.25, 0.3) is 0 Å². The first-order chi connectivity index (χ1) is 16.6. The summed E-state index contributed by atoms with van der Waals surface area (Å²) < 4.78 is 38.1. The third kappa shape index (κ3) is 5.55. The maximum Gasteiger partial charge on any atom is 0.408 e. The lowest BCUT2D eigenvalue weighted by molar-refractivity contribution is -0.136. The Balaban J connectivity index is 1.46. The summed E-state index contributed by atoms with van der Waals surface area (Å²) in [5, 5.41) is 5.93. The minimum atomic E-state index is -1.02. The van der Waals surface area contributed by atoms with Gasteiger partial charge in [0.2, 0.25) is 5.91 Å². The van der Waals surface area contributed by atoms with Gasteiger partial charge in [0.15, 0.2) is 11.6 Å². The molecule has 0 aromatic heterocycles. The fourth-order valence-corrected chi connectivity index (χ4v) is 4.30. The van der Waals surface area contributed by atoms with E-state index in [1.807, 2.05) is 51.1 Å². The molecule has 0 spiro atoms. The van der Waals surface area contributed by atoms with Gasteiger partial charge in [-0.2, -0.15) is 0 Å². The van der Waals surface area contributed by atoms with Crippen LogP contribution in [0.1, 0.15) is 32.8 Å². The molecule has 7 nitrogen and oxygen atoms in total. The van der Waals surface area contributed by atoms with Gasteiger partial charge < -0.3 is 25.0 Å². The molecule has 0 saturated carbocycles. The summed E-state index contributed by atoms with van der Waals surface area (Å²) in [5.74, 6) is -1.70. The molecule has 0 aliphatic carbocycles. The van der Waals surface area contributed by atoms with E-state index in [0.717, 1.165) is 17.7 Å². The number of carbonyl (C=O) groups excluding carboxylic acids is 2. The first-order valence-electron chi connectivity index (χ1n) is 11.5. The number of ether oxygens (including phenoxy) is 2. The molecule has 2 amide bonds. The molecule has 3 unspecified atom stereocenters. The quantitative estimate of drug-likeness (QED) is 0.644. The number of alkyl carbamates (subject to hydrolysis) is 1. The molecular formula is C26H29F2N3O4. The molecule has 2 aromatic rings. The molecule has 4 rings (SSSR count). The fraction of sp³-hybridized carbons (Fsp3) is 0.385. The number of fused-ring (bicyclic) bond motifs is 1. The van der Waals surface area contributed by atoms with Crippen molar-refractivity contribution in [2.75, 3.05) is 6.54 Å². The van der Waals surface area contributed by atoms with Crippen molar-refractivity contribution >= 4 is 12.0 Å². The fourth-order valence-electron chi connectivity index (χ4n) is 4.30. The molecule has 0 bridgehead atoms. The zero-order chi connectivity index (χ0) is 25.2. The van der Waals surface area contributed by atoms with Crippen LogP contribution in [0.25, 0.3) is 0 Å². The van der Waals surface area contributed by atoms with E-state index < -0.39 is 35.2 Å². The minimum absolute atomic E-state index is 0.0788. The highest BCUT2D eigenvalue weighted by molar-refractivity contribution is 5.87. The van der Waals surface area contributed by atoms with Crippen LogP contribution in [0, 0.1) is 17.0 Å². The smallest absolute Gasteiger partial charge is 0.408 e. The van der Waals surface area contributed by atoms with E-state index >= 15 is 0 Å². The standard InChI is InChI=1S/C26H29F2N3O4/c1-26(2,3)23(30-25(33)34-15-16-7-5-4-6-8-16)24(32)31-12-11-20-22(31)21(14-29-20)35-17-9-10-18(27)19(28)13-17/h4-10,13-14,20,22-23,29H,11-12,15H2,1-3H3,(H,30,33). The predicted octanol–water partition coefficient (Wildman–Crippen LogP) is 4.10. The van der Waals surface area contributed by atoms with Crippen LogP contribution in [0.2, 0.25) is 0 Å². The van der Waals surface area contributed by atoms with Gasteiger partial charge >= 0.3 is 6.09 Å². The number of benzene rings is 2. The number of hydrogen-bond acceptors (Lipinski definition) is 5. The Bertz CT molecular complexity index is 1120. The Hall–Kier alpha value is -3.62. The molecule has 186 valence electrons. The number of likely N-dealkylation sites (tertiary alicyclic amines) is 1. The largest absolute Gasteiger partial charge is 0.458 e. The van der Waals surface area contributed by atoms with Crippen molar-refractivity contribution < 1.29 is 27.8 Å². The van der Waals surface area contributed by atoms with Gasteiger partial charge in [-0.15, -0.1) is 0 Å². The van der Waals surface area contributed by atoms with Crippen LogP contribution in [0.4, 0.5) is 13.6 Å². The van der Waals surface area contributed by atoms with E-state index in [1.165, 1.54) is 6.07 Å². The van der Waals surface area contributed by atoms with Gasteiger partial charge in [-0.1, -0.05) is 51.1 Å². The van der Waals surface area contributed by atoms with E-state index in [1.54, 1.807) is 11.1 Å². The highest BCUT2D eigenvalue weighted by Gasteiger charge is 2.47. The lowest BCUT2D eigenvalue weighted by Crippen LogP contribution is -2.56. The lowest BCUT2D eigenvalue weighted by Gasteiger charge is -2.35. The van der Waals surface area contributed by atoms with Gasteiger partial charge in [0.05, 0.1) is 6.04 Å². The van der Waals surface area contributed by atoms with Crippen molar-refractivity contribution in [2.24, 2.45) is 5.41 Å². The van der Waals surface area contributed by atoms with Crippen molar-refractivity contribution in [3.05, 3.63) is 77.7 Å². The summed E-state index contributed by atoms with van der Waals surface area (Å²) >= 11 is 0. The summed E-state index contributed by atoms with van der Waals surface area (Å²) in [4.78, 5) is 27.9. The monoisotopic (exact) mass is 485 g/mol. The first-order valence-corrected chi connectivity index (χ1v) is 11.5. The number of amides is 2. The molecule has 0 radical (unpaired) electrons. The molecule has 2 aliphatic heterocycles. The molecule has 2 aliphatic rings. The maximum atomic E-state index is 13.7. The maximum absolute atomic E-state index is 13.7. The Kier molecular flexibility index (Phi) is 6.95. The Morgan fingerprint density at radius 3 is 2.57 bits per heavy atom. The van der Waals surface area contributed by atoms with Crippen molar-refractivity contribution in [3.8, 4) is 5.75 Å². The zero-order valence-corrected chi connectivity index (χ0v) is 19.9. The van der Waals surface area contributed by atoms with Crippen LogP contribution < -0.4 is 15.4 Å². The summed E-state index contributed by atoms with van der Waals surface area (Å²) in [7, 11) is 0. The van der Waals surface area contributed by atoms with Crippen LogP contribution in [-0.2, 0) is 16.1 Å². The van der Waals surface area contributed by atoms with E-state index in [0.29, 0.717) is 18.7 Å². The molecule has 2 N–H and O–H groups in total. The van der Waals surface area contributed by atoms with Crippen LogP contribution in [0.5, 0.6) is 5.75 Å². The summed E-state index contributed by atoms with van der Waals surface area (Å²) in [6, 6.07) is 11.2. The predicted molar refractivity (Wildman–Crippen MR) is 125 cm³/mol. The molecule has 9 heteroatoms. The highest BCUT2D eigenvalue weighted by atomic mass is 19.2. The number of nitrogens with one attached hydrogen (secondary N) is 2. The average molecular weight is 486 g/mol. The minimum Gasteiger partial charge on any atom is -0.458 e. The average Bonchev–Trinajstić information content (AvgIpc) is 3.41. The topological polar surface area (TPSA) is 79.9 Å². The van der Waals surface area contributed by atoms with Gasteiger partial charge in [-0.25, -0.2) is 13.6 Å². The summed E-state index contributed by atoms with van der Waals surface area (Å²) in [5.41, 5.74) is 0.238. The van der Waals surface area contributed by atoms with Gasteiger partial charge in [0, 0.05) is 18.8 Å². The molecular weight excluding hydrogens is 456 g/mol. The lowest BCUT2D eigenvalue weighted by atomic mass is 9.85. The molecule has 35 heavy (non-hydrogen) atoms. The van der Waals surface area contributed by atoms with Crippen molar-refractivity contribution in [1.29, 1.82) is 0 Å². The zero-order valence-electron chi connectivity index (χ0n) is 19.9. The van der Waals surface area contributed by atoms with Gasteiger partial charge in [-0.05, 0) is 29.5 Å². The second kappa shape index (κ2) is 9.93. The summed E-state index contributed by atoms with van der Waals surface area (Å²) in [6.45, 7) is 6.13. The van der Waals surface area contributed by atoms with Crippen LogP contribution >= 0.6 is 0 Å². The van der Waals surface area contributed by atoms with Crippen molar-refractivity contribution in [1.82, 2.24) is 15.5 Å². The Morgan fingerprint density at radius 1 is 1.14 bits per heavy atom.